The molecule has 1 atom stereocenters. The highest BCUT2D eigenvalue weighted by Gasteiger charge is 2.21. The van der Waals surface area contributed by atoms with Crippen molar-refractivity contribution in [2.24, 2.45) is 0 Å². The quantitative estimate of drug-likeness (QED) is 0.372. The fourth-order valence-corrected chi connectivity index (χ4v) is 3.54. The van der Waals surface area contributed by atoms with E-state index in [1.165, 1.54) is 0 Å². The first-order valence-corrected chi connectivity index (χ1v) is 10.2. The first-order valence-electron chi connectivity index (χ1n) is 10.2. The van der Waals surface area contributed by atoms with E-state index in [0.29, 0.717) is 6.42 Å². The van der Waals surface area contributed by atoms with Crippen molar-refractivity contribution in [2.75, 3.05) is 0 Å². The molecule has 0 aliphatic carbocycles. The molecule has 0 bridgehead atoms. The molecule has 1 heterocycles. The molecule has 4 aromatic rings. The molecule has 1 aromatic heterocycles. The average Bonchev–Trinajstić information content (AvgIpc) is 3.24. The van der Waals surface area contributed by atoms with Crippen LogP contribution in [0.2, 0.25) is 0 Å². The van der Waals surface area contributed by atoms with Gasteiger partial charge in [-0.1, -0.05) is 85.8 Å². The molecule has 4 nitrogen and oxygen atoms in total. The molecule has 0 saturated carbocycles. The summed E-state index contributed by atoms with van der Waals surface area (Å²) >= 11 is 0. The van der Waals surface area contributed by atoms with Gasteiger partial charge in [-0.2, -0.15) is 5.10 Å². The van der Waals surface area contributed by atoms with Crippen molar-refractivity contribution in [3.05, 3.63) is 108 Å². The summed E-state index contributed by atoms with van der Waals surface area (Å²) in [5, 5.41) is 4.78. The predicted octanol–water partition coefficient (Wildman–Crippen LogP) is 5.78. The van der Waals surface area contributed by atoms with Crippen LogP contribution in [0.25, 0.3) is 16.9 Å². The van der Waals surface area contributed by atoms with Crippen molar-refractivity contribution < 1.29 is 9.53 Å². The molecule has 4 rings (SSSR count). The van der Waals surface area contributed by atoms with E-state index in [-0.39, 0.29) is 18.5 Å². The second kappa shape index (κ2) is 9.23. The molecule has 3 aromatic carbocycles. The summed E-state index contributed by atoms with van der Waals surface area (Å²) in [6, 6.07) is 29.7. The summed E-state index contributed by atoms with van der Waals surface area (Å²) in [7, 11) is 0. The standard InChI is InChI=1S/C26H24N2O2/c1-2-24(20-12-6-3-7-13-20)26(29)30-19-22-18-28(23-16-10-5-11-17-23)27-25(22)21-14-8-4-9-15-21/h3-18,24H,2,19H2,1H3/t24-/m1/s1. The fourth-order valence-electron chi connectivity index (χ4n) is 3.54. The summed E-state index contributed by atoms with van der Waals surface area (Å²) in [5.41, 5.74) is 4.63. The molecule has 0 N–H and O–H groups in total. The molecule has 4 heteroatoms. The van der Waals surface area contributed by atoms with E-state index in [0.717, 1.165) is 28.1 Å². The number of rotatable bonds is 7. The Labute approximate surface area is 176 Å². The Morgan fingerprint density at radius 3 is 2.13 bits per heavy atom. The number of hydrogen-bond donors (Lipinski definition) is 0. The summed E-state index contributed by atoms with van der Waals surface area (Å²) in [6.07, 6.45) is 2.63. The van der Waals surface area contributed by atoms with Gasteiger partial charge >= 0.3 is 5.97 Å². The topological polar surface area (TPSA) is 44.1 Å². The maximum absolute atomic E-state index is 12.8. The lowest BCUT2D eigenvalue weighted by molar-refractivity contribution is -0.146. The van der Waals surface area contributed by atoms with Gasteiger partial charge in [-0.05, 0) is 24.1 Å². The van der Waals surface area contributed by atoms with Crippen LogP contribution in [0.5, 0.6) is 0 Å². The van der Waals surface area contributed by atoms with Gasteiger partial charge in [-0.3, -0.25) is 4.79 Å². The number of carbonyl (C=O) groups is 1. The smallest absolute Gasteiger partial charge is 0.313 e. The zero-order valence-corrected chi connectivity index (χ0v) is 16.9. The van der Waals surface area contributed by atoms with Crippen LogP contribution in [0.4, 0.5) is 0 Å². The van der Waals surface area contributed by atoms with Crippen LogP contribution in [-0.2, 0) is 16.1 Å². The molecule has 0 spiro atoms. The van der Waals surface area contributed by atoms with Crippen LogP contribution in [0.1, 0.15) is 30.4 Å². The highest BCUT2D eigenvalue weighted by Crippen LogP contribution is 2.26. The van der Waals surface area contributed by atoms with Crippen molar-refractivity contribution in [3.8, 4) is 16.9 Å². The minimum atomic E-state index is -0.268. The van der Waals surface area contributed by atoms with Crippen LogP contribution >= 0.6 is 0 Å². The van der Waals surface area contributed by atoms with Gasteiger partial charge in [-0.25, -0.2) is 4.68 Å². The number of esters is 1. The summed E-state index contributed by atoms with van der Waals surface area (Å²) in [4.78, 5) is 12.8. The summed E-state index contributed by atoms with van der Waals surface area (Å²) < 4.78 is 7.59. The summed E-state index contributed by atoms with van der Waals surface area (Å²) in [6.45, 7) is 2.18. The van der Waals surface area contributed by atoms with Crippen molar-refractivity contribution >= 4 is 5.97 Å². The molecule has 0 radical (unpaired) electrons. The maximum Gasteiger partial charge on any atom is 0.313 e. The fraction of sp³-hybridized carbons (Fsp3) is 0.154. The Hall–Kier alpha value is -3.66. The summed E-state index contributed by atoms with van der Waals surface area (Å²) in [5.74, 6) is -0.481. The first kappa shape index (κ1) is 19.6. The van der Waals surface area contributed by atoms with E-state index >= 15 is 0 Å². The normalized spacial score (nSPS) is 11.8. The minimum Gasteiger partial charge on any atom is -0.460 e. The van der Waals surface area contributed by atoms with Gasteiger partial charge in [0.1, 0.15) is 6.61 Å². The van der Waals surface area contributed by atoms with Crippen molar-refractivity contribution in [3.63, 3.8) is 0 Å². The van der Waals surface area contributed by atoms with E-state index in [1.807, 2.05) is 109 Å². The van der Waals surface area contributed by atoms with Crippen molar-refractivity contribution in [1.82, 2.24) is 9.78 Å². The van der Waals surface area contributed by atoms with E-state index in [9.17, 15) is 4.79 Å². The molecule has 0 aliphatic rings. The monoisotopic (exact) mass is 396 g/mol. The zero-order chi connectivity index (χ0) is 20.8. The van der Waals surface area contributed by atoms with Crippen LogP contribution in [0, 0.1) is 0 Å². The highest BCUT2D eigenvalue weighted by molar-refractivity contribution is 5.78. The Bertz CT molecular complexity index is 1090. The van der Waals surface area contributed by atoms with Crippen LogP contribution in [0.15, 0.2) is 97.2 Å². The van der Waals surface area contributed by atoms with Crippen LogP contribution < -0.4 is 0 Å². The number of carbonyl (C=O) groups excluding carboxylic acids is 1. The molecule has 0 unspecified atom stereocenters. The van der Waals surface area contributed by atoms with Crippen LogP contribution in [0.3, 0.4) is 0 Å². The highest BCUT2D eigenvalue weighted by atomic mass is 16.5. The van der Waals surface area contributed by atoms with Crippen molar-refractivity contribution in [1.29, 1.82) is 0 Å². The SMILES string of the molecule is CC[C@@H](C(=O)OCc1cn(-c2ccccc2)nc1-c1ccccc1)c1ccccc1. The van der Waals surface area contributed by atoms with Gasteiger partial charge in [-0.15, -0.1) is 0 Å². The zero-order valence-electron chi connectivity index (χ0n) is 16.9. The van der Waals surface area contributed by atoms with E-state index in [1.54, 1.807) is 0 Å². The lowest BCUT2D eigenvalue weighted by Gasteiger charge is -2.14. The Morgan fingerprint density at radius 2 is 1.50 bits per heavy atom. The lowest BCUT2D eigenvalue weighted by Crippen LogP contribution is -2.15. The number of nitrogens with zero attached hydrogens (tertiary/aromatic N) is 2. The molecule has 150 valence electrons. The molecule has 30 heavy (non-hydrogen) atoms. The van der Waals surface area contributed by atoms with Gasteiger partial charge in [0.25, 0.3) is 0 Å². The van der Waals surface area contributed by atoms with E-state index in [4.69, 9.17) is 9.84 Å². The first-order chi connectivity index (χ1) is 14.8. The Kier molecular flexibility index (Phi) is 6.04. The van der Waals surface area contributed by atoms with E-state index in [2.05, 4.69) is 0 Å². The molecule has 0 amide bonds. The second-order valence-corrected chi connectivity index (χ2v) is 7.13. The average molecular weight is 396 g/mol. The van der Waals surface area contributed by atoms with E-state index < -0.39 is 0 Å². The Balaban J connectivity index is 1.60. The number of hydrogen-bond acceptors (Lipinski definition) is 3. The van der Waals surface area contributed by atoms with Gasteiger partial charge in [0.15, 0.2) is 0 Å². The molecule has 0 fully saturated rings. The minimum absolute atomic E-state index is 0.180. The lowest BCUT2D eigenvalue weighted by atomic mass is 9.97. The van der Waals surface area contributed by atoms with Gasteiger partial charge in [0.05, 0.1) is 17.3 Å². The number of aromatic nitrogens is 2. The van der Waals surface area contributed by atoms with Crippen molar-refractivity contribution in [2.45, 2.75) is 25.9 Å². The van der Waals surface area contributed by atoms with Gasteiger partial charge < -0.3 is 4.74 Å². The third-order valence-corrected chi connectivity index (χ3v) is 5.12. The largest absolute Gasteiger partial charge is 0.460 e. The van der Waals surface area contributed by atoms with Gasteiger partial charge in [0.2, 0.25) is 0 Å². The number of para-hydroxylation sites is 1. The third kappa shape index (κ3) is 4.33. The number of ether oxygens (including phenoxy) is 1. The van der Waals surface area contributed by atoms with Crippen LogP contribution in [-0.4, -0.2) is 15.7 Å². The molecule has 0 saturated heterocycles. The molecule has 0 aliphatic heterocycles. The molecular formula is C26H24N2O2. The molecular weight excluding hydrogens is 372 g/mol. The Morgan fingerprint density at radius 1 is 0.900 bits per heavy atom. The third-order valence-electron chi connectivity index (χ3n) is 5.12. The second-order valence-electron chi connectivity index (χ2n) is 7.13. The van der Waals surface area contributed by atoms with Gasteiger partial charge in [0, 0.05) is 17.3 Å². The maximum atomic E-state index is 12.8. The number of benzene rings is 3. The predicted molar refractivity (Wildman–Crippen MR) is 118 cm³/mol.